The SMILES string of the molecule is C/C=C(/C)C(=O)Nc1ccc(OC(F)(F)F)cc1. The van der Waals surface area contributed by atoms with Gasteiger partial charge in [-0.3, -0.25) is 4.79 Å². The fourth-order valence-electron chi connectivity index (χ4n) is 1.10. The Kier molecular flexibility index (Phi) is 4.36. The number of alkyl halides is 3. The van der Waals surface area contributed by atoms with Gasteiger partial charge in [-0.2, -0.15) is 0 Å². The molecule has 0 aliphatic heterocycles. The summed E-state index contributed by atoms with van der Waals surface area (Å²) in [7, 11) is 0. The summed E-state index contributed by atoms with van der Waals surface area (Å²) in [6, 6.07) is 4.94. The van der Waals surface area contributed by atoms with Crippen LogP contribution in [-0.4, -0.2) is 12.3 Å². The van der Waals surface area contributed by atoms with E-state index in [4.69, 9.17) is 0 Å². The van der Waals surface area contributed by atoms with Crippen molar-refractivity contribution in [1.82, 2.24) is 0 Å². The number of hydrogen-bond donors (Lipinski definition) is 1. The summed E-state index contributed by atoms with van der Waals surface area (Å²) in [5.41, 5.74) is 0.918. The Morgan fingerprint density at radius 2 is 1.83 bits per heavy atom. The number of carbonyl (C=O) groups excluding carboxylic acids is 1. The van der Waals surface area contributed by atoms with E-state index in [9.17, 15) is 18.0 Å². The summed E-state index contributed by atoms with van der Waals surface area (Å²) in [4.78, 5) is 11.5. The van der Waals surface area contributed by atoms with Gasteiger partial charge in [0.1, 0.15) is 5.75 Å². The molecule has 1 rings (SSSR count). The van der Waals surface area contributed by atoms with Crippen LogP contribution >= 0.6 is 0 Å². The molecule has 0 atom stereocenters. The molecule has 0 bridgehead atoms. The van der Waals surface area contributed by atoms with E-state index in [-0.39, 0.29) is 11.7 Å². The number of benzene rings is 1. The van der Waals surface area contributed by atoms with Crippen LogP contribution in [0.2, 0.25) is 0 Å². The smallest absolute Gasteiger partial charge is 0.406 e. The molecule has 3 nitrogen and oxygen atoms in total. The van der Waals surface area contributed by atoms with Crippen molar-refractivity contribution in [1.29, 1.82) is 0 Å². The van der Waals surface area contributed by atoms with Gasteiger partial charge < -0.3 is 10.1 Å². The van der Waals surface area contributed by atoms with Crippen LogP contribution in [0.1, 0.15) is 13.8 Å². The van der Waals surface area contributed by atoms with Crippen molar-refractivity contribution in [3.05, 3.63) is 35.9 Å². The third-order valence-electron chi connectivity index (χ3n) is 2.14. The lowest BCUT2D eigenvalue weighted by atomic mass is 10.2. The number of carbonyl (C=O) groups is 1. The second-order valence-electron chi connectivity index (χ2n) is 3.50. The van der Waals surface area contributed by atoms with Crippen molar-refractivity contribution < 1.29 is 22.7 Å². The van der Waals surface area contributed by atoms with E-state index in [1.54, 1.807) is 19.9 Å². The van der Waals surface area contributed by atoms with Gasteiger partial charge in [0.2, 0.25) is 0 Å². The molecule has 98 valence electrons. The number of anilines is 1. The molecule has 0 heterocycles. The van der Waals surface area contributed by atoms with Gasteiger partial charge in [0.05, 0.1) is 0 Å². The molecule has 0 saturated heterocycles. The largest absolute Gasteiger partial charge is 0.573 e. The molecular formula is C12H12F3NO2. The lowest BCUT2D eigenvalue weighted by Gasteiger charge is -2.10. The molecule has 1 aromatic rings. The average Bonchev–Trinajstić information content (AvgIpc) is 2.28. The molecule has 0 fully saturated rings. The maximum atomic E-state index is 11.9. The predicted octanol–water partition coefficient (Wildman–Crippen LogP) is 3.49. The highest BCUT2D eigenvalue weighted by Gasteiger charge is 2.30. The molecule has 0 radical (unpaired) electrons. The van der Waals surface area contributed by atoms with E-state index in [1.165, 1.54) is 12.1 Å². The summed E-state index contributed by atoms with van der Waals surface area (Å²) in [6.07, 6.45) is -3.08. The van der Waals surface area contributed by atoms with E-state index in [1.807, 2.05) is 0 Å². The molecule has 0 aromatic heterocycles. The van der Waals surface area contributed by atoms with Gasteiger partial charge in [-0.15, -0.1) is 13.2 Å². The number of rotatable bonds is 3. The first kappa shape index (κ1) is 14.1. The number of allylic oxidation sites excluding steroid dienone is 1. The molecular weight excluding hydrogens is 247 g/mol. The van der Waals surface area contributed by atoms with Crippen molar-refractivity contribution in [3.8, 4) is 5.75 Å². The van der Waals surface area contributed by atoms with Gasteiger partial charge in [-0.25, -0.2) is 0 Å². The lowest BCUT2D eigenvalue weighted by molar-refractivity contribution is -0.274. The van der Waals surface area contributed by atoms with Crippen LogP contribution in [0.5, 0.6) is 5.75 Å². The van der Waals surface area contributed by atoms with Crippen molar-refractivity contribution in [2.24, 2.45) is 0 Å². The van der Waals surface area contributed by atoms with E-state index >= 15 is 0 Å². The molecule has 0 aliphatic rings. The number of amides is 1. The summed E-state index contributed by atoms with van der Waals surface area (Å²) in [5.74, 6) is -0.634. The van der Waals surface area contributed by atoms with Crippen LogP contribution in [-0.2, 0) is 4.79 Å². The minimum atomic E-state index is -4.72. The van der Waals surface area contributed by atoms with Crippen LogP contribution in [0.3, 0.4) is 0 Å². The molecule has 1 aromatic carbocycles. The summed E-state index contributed by atoms with van der Waals surface area (Å²) < 4.78 is 39.4. The molecule has 6 heteroatoms. The predicted molar refractivity (Wildman–Crippen MR) is 61.2 cm³/mol. The van der Waals surface area contributed by atoms with Crippen molar-refractivity contribution >= 4 is 11.6 Å². The second-order valence-corrected chi connectivity index (χ2v) is 3.50. The lowest BCUT2D eigenvalue weighted by Crippen LogP contribution is -2.17. The van der Waals surface area contributed by atoms with Crippen molar-refractivity contribution in [2.45, 2.75) is 20.2 Å². The van der Waals surface area contributed by atoms with E-state index in [0.29, 0.717) is 11.3 Å². The first-order valence-corrected chi connectivity index (χ1v) is 5.12. The van der Waals surface area contributed by atoms with Crippen LogP contribution in [0.4, 0.5) is 18.9 Å². The number of hydrogen-bond acceptors (Lipinski definition) is 2. The van der Waals surface area contributed by atoms with E-state index < -0.39 is 6.36 Å². The maximum Gasteiger partial charge on any atom is 0.573 e. The van der Waals surface area contributed by atoms with Gasteiger partial charge >= 0.3 is 6.36 Å². The Morgan fingerprint density at radius 1 is 1.28 bits per heavy atom. The third-order valence-corrected chi connectivity index (χ3v) is 2.14. The zero-order valence-corrected chi connectivity index (χ0v) is 9.84. The van der Waals surface area contributed by atoms with Gasteiger partial charge in [0.25, 0.3) is 5.91 Å². The zero-order chi connectivity index (χ0) is 13.8. The Balaban J connectivity index is 2.69. The first-order valence-electron chi connectivity index (χ1n) is 5.12. The Bertz CT molecular complexity index is 449. The highest BCUT2D eigenvalue weighted by atomic mass is 19.4. The average molecular weight is 259 g/mol. The van der Waals surface area contributed by atoms with Crippen molar-refractivity contribution in [3.63, 3.8) is 0 Å². The maximum absolute atomic E-state index is 11.9. The Morgan fingerprint density at radius 3 is 2.28 bits per heavy atom. The number of halogens is 3. The first-order chi connectivity index (χ1) is 8.31. The van der Waals surface area contributed by atoms with Crippen LogP contribution in [0, 0.1) is 0 Å². The van der Waals surface area contributed by atoms with Gasteiger partial charge in [-0.05, 0) is 38.1 Å². The van der Waals surface area contributed by atoms with Gasteiger partial charge in [0.15, 0.2) is 0 Å². The van der Waals surface area contributed by atoms with Crippen LogP contribution < -0.4 is 10.1 Å². The zero-order valence-electron chi connectivity index (χ0n) is 9.84. The van der Waals surface area contributed by atoms with E-state index in [2.05, 4.69) is 10.1 Å². The van der Waals surface area contributed by atoms with Crippen LogP contribution in [0.15, 0.2) is 35.9 Å². The Labute approximate surface area is 102 Å². The molecule has 1 amide bonds. The molecule has 0 saturated carbocycles. The van der Waals surface area contributed by atoms with Crippen LogP contribution in [0.25, 0.3) is 0 Å². The summed E-state index contributed by atoms with van der Waals surface area (Å²) in [6.45, 7) is 3.35. The third kappa shape index (κ3) is 4.48. The standard InChI is InChI=1S/C12H12F3NO2/c1-3-8(2)11(17)16-9-4-6-10(7-5-9)18-12(13,14)15/h3-7H,1-2H3,(H,16,17)/b8-3-. The fraction of sp³-hybridized carbons (Fsp3) is 0.250. The highest BCUT2D eigenvalue weighted by Crippen LogP contribution is 2.24. The fourth-order valence-corrected chi connectivity index (χ4v) is 1.10. The topological polar surface area (TPSA) is 38.3 Å². The Hall–Kier alpha value is -1.98. The van der Waals surface area contributed by atoms with Gasteiger partial charge in [-0.1, -0.05) is 6.08 Å². The molecule has 0 aliphatic carbocycles. The normalized spacial score (nSPS) is 12.2. The minimum absolute atomic E-state index is 0.304. The van der Waals surface area contributed by atoms with Gasteiger partial charge in [0, 0.05) is 11.3 Å². The van der Waals surface area contributed by atoms with Crippen molar-refractivity contribution in [2.75, 3.05) is 5.32 Å². The summed E-state index contributed by atoms with van der Waals surface area (Å²) in [5, 5.41) is 2.54. The second kappa shape index (κ2) is 5.57. The number of ether oxygens (including phenoxy) is 1. The molecule has 1 N–H and O–H groups in total. The minimum Gasteiger partial charge on any atom is -0.406 e. The monoisotopic (exact) mass is 259 g/mol. The summed E-state index contributed by atoms with van der Waals surface area (Å²) >= 11 is 0. The molecule has 0 spiro atoms. The number of nitrogens with one attached hydrogen (secondary N) is 1. The highest BCUT2D eigenvalue weighted by molar-refractivity contribution is 6.03. The quantitative estimate of drug-likeness (QED) is 0.844. The molecule has 18 heavy (non-hydrogen) atoms. The van der Waals surface area contributed by atoms with E-state index in [0.717, 1.165) is 12.1 Å². The molecule has 0 unspecified atom stereocenters.